The van der Waals surface area contributed by atoms with E-state index in [0.29, 0.717) is 5.56 Å². The van der Waals surface area contributed by atoms with E-state index in [-0.39, 0.29) is 17.9 Å². The number of hydrogen-bond donors (Lipinski definition) is 0. The second-order valence-electron chi connectivity index (χ2n) is 6.31. The van der Waals surface area contributed by atoms with E-state index in [9.17, 15) is 9.59 Å². The first-order valence-electron chi connectivity index (χ1n) is 8.53. The van der Waals surface area contributed by atoms with E-state index < -0.39 is 0 Å². The van der Waals surface area contributed by atoms with Gasteiger partial charge in [0.1, 0.15) is 6.54 Å². The number of pyridine rings is 1. The third-order valence-electron chi connectivity index (χ3n) is 4.63. The SMILES string of the molecule is O=C(Cn1ncc(N2CCc3ccccc3C2)cc1=O)c1cccnc1. The Kier molecular flexibility index (Phi) is 4.31. The molecule has 0 atom stereocenters. The van der Waals surface area contributed by atoms with Gasteiger partial charge in [-0.3, -0.25) is 14.6 Å². The van der Waals surface area contributed by atoms with Crippen molar-refractivity contribution in [1.29, 1.82) is 0 Å². The Balaban J connectivity index is 1.52. The van der Waals surface area contributed by atoms with Gasteiger partial charge in [0.25, 0.3) is 5.56 Å². The predicted octanol–water partition coefficient (Wildman–Crippen LogP) is 2.08. The third kappa shape index (κ3) is 3.26. The Bertz CT molecular complexity index is 998. The molecule has 0 N–H and O–H groups in total. The summed E-state index contributed by atoms with van der Waals surface area (Å²) in [6.45, 7) is 1.51. The molecular formula is C20H18N4O2. The van der Waals surface area contributed by atoms with E-state index in [1.807, 2.05) is 6.07 Å². The van der Waals surface area contributed by atoms with Crippen LogP contribution in [0.3, 0.4) is 0 Å². The summed E-state index contributed by atoms with van der Waals surface area (Å²) < 4.78 is 1.19. The van der Waals surface area contributed by atoms with E-state index >= 15 is 0 Å². The predicted molar refractivity (Wildman–Crippen MR) is 98.3 cm³/mol. The molecule has 0 bridgehead atoms. The average Bonchev–Trinajstić information content (AvgIpc) is 2.69. The van der Waals surface area contributed by atoms with Gasteiger partial charge >= 0.3 is 0 Å². The first kappa shape index (κ1) is 16.2. The van der Waals surface area contributed by atoms with Crippen LogP contribution < -0.4 is 10.5 Å². The second kappa shape index (κ2) is 6.92. The minimum atomic E-state index is -0.279. The standard InChI is InChI=1S/C20H18N4O2/c25-19(16-6-3-8-21-11-16)14-24-20(26)10-18(12-22-24)23-9-7-15-4-1-2-5-17(15)13-23/h1-6,8,10-12H,7,9,13-14H2. The maximum atomic E-state index is 12.4. The number of carbonyl (C=O) groups is 1. The monoisotopic (exact) mass is 346 g/mol. The molecule has 0 amide bonds. The Hall–Kier alpha value is -3.28. The highest BCUT2D eigenvalue weighted by molar-refractivity contribution is 5.95. The zero-order valence-electron chi connectivity index (χ0n) is 14.2. The van der Waals surface area contributed by atoms with Crippen LogP contribution in [0.4, 0.5) is 5.69 Å². The highest BCUT2D eigenvalue weighted by Crippen LogP contribution is 2.22. The number of anilines is 1. The lowest BCUT2D eigenvalue weighted by atomic mass is 10.00. The summed E-state index contributed by atoms with van der Waals surface area (Å²) in [5, 5.41) is 4.20. The van der Waals surface area contributed by atoms with Crippen LogP contribution in [0, 0.1) is 0 Å². The molecule has 0 unspecified atom stereocenters. The average molecular weight is 346 g/mol. The van der Waals surface area contributed by atoms with E-state index in [4.69, 9.17) is 0 Å². The van der Waals surface area contributed by atoms with E-state index in [0.717, 1.165) is 25.2 Å². The number of carbonyl (C=O) groups excluding carboxylic acids is 1. The summed E-state index contributed by atoms with van der Waals surface area (Å²) in [7, 11) is 0. The van der Waals surface area contributed by atoms with Gasteiger partial charge in [-0.1, -0.05) is 24.3 Å². The van der Waals surface area contributed by atoms with Gasteiger partial charge in [-0.05, 0) is 29.7 Å². The Morgan fingerprint density at radius 3 is 2.69 bits per heavy atom. The first-order valence-corrected chi connectivity index (χ1v) is 8.53. The minimum Gasteiger partial charge on any atom is -0.365 e. The van der Waals surface area contributed by atoms with Gasteiger partial charge in [0.15, 0.2) is 5.78 Å². The van der Waals surface area contributed by atoms with Crippen LogP contribution in [0.5, 0.6) is 0 Å². The van der Waals surface area contributed by atoms with Crippen molar-refractivity contribution in [2.75, 3.05) is 11.4 Å². The molecule has 0 spiro atoms. The topological polar surface area (TPSA) is 68.1 Å². The molecule has 0 saturated carbocycles. The van der Waals surface area contributed by atoms with Crippen molar-refractivity contribution in [1.82, 2.24) is 14.8 Å². The number of Topliss-reactive ketones (excluding diaryl/α,β-unsaturated/α-hetero) is 1. The number of ketones is 1. The Morgan fingerprint density at radius 1 is 1.08 bits per heavy atom. The van der Waals surface area contributed by atoms with Crippen LogP contribution in [-0.4, -0.2) is 27.1 Å². The van der Waals surface area contributed by atoms with Crippen molar-refractivity contribution in [3.05, 3.63) is 88.1 Å². The molecule has 0 radical (unpaired) electrons. The summed E-state index contributed by atoms with van der Waals surface area (Å²) in [6, 6.07) is 13.3. The molecule has 2 aromatic heterocycles. The summed E-state index contributed by atoms with van der Waals surface area (Å²) in [6.07, 6.45) is 5.70. The smallest absolute Gasteiger partial charge is 0.269 e. The van der Waals surface area contributed by atoms with Gasteiger partial charge in [-0.25, -0.2) is 4.68 Å². The molecule has 3 heterocycles. The lowest BCUT2D eigenvalue weighted by Crippen LogP contribution is -2.33. The fourth-order valence-electron chi connectivity index (χ4n) is 3.19. The van der Waals surface area contributed by atoms with E-state index in [1.165, 1.54) is 22.0 Å². The zero-order valence-corrected chi connectivity index (χ0v) is 14.2. The van der Waals surface area contributed by atoms with Crippen LogP contribution in [0.15, 0.2) is 65.8 Å². The second-order valence-corrected chi connectivity index (χ2v) is 6.31. The van der Waals surface area contributed by atoms with Gasteiger partial charge < -0.3 is 4.90 Å². The summed E-state index contributed by atoms with van der Waals surface area (Å²) in [5.41, 5.74) is 3.60. The van der Waals surface area contributed by atoms with Crippen molar-refractivity contribution in [3.63, 3.8) is 0 Å². The van der Waals surface area contributed by atoms with Gasteiger partial charge in [0.2, 0.25) is 0 Å². The van der Waals surface area contributed by atoms with Gasteiger partial charge in [-0.15, -0.1) is 0 Å². The van der Waals surface area contributed by atoms with E-state index in [2.05, 4.69) is 33.2 Å². The molecule has 6 nitrogen and oxygen atoms in total. The number of aromatic nitrogens is 3. The van der Waals surface area contributed by atoms with Crippen molar-refractivity contribution >= 4 is 11.5 Å². The van der Waals surface area contributed by atoms with Crippen molar-refractivity contribution in [2.45, 2.75) is 19.5 Å². The van der Waals surface area contributed by atoms with Crippen molar-refractivity contribution in [2.24, 2.45) is 0 Å². The summed E-state index contributed by atoms with van der Waals surface area (Å²) in [4.78, 5) is 30.7. The fourth-order valence-corrected chi connectivity index (χ4v) is 3.19. The lowest BCUT2D eigenvalue weighted by molar-refractivity contribution is 0.0965. The summed E-state index contributed by atoms with van der Waals surface area (Å²) in [5.74, 6) is -0.188. The van der Waals surface area contributed by atoms with Crippen molar-refractivity contribution in [3.8, 4) is 0 Å². The molecule has 0 saturated heterocycles. The highest BCUT2D eigenvalue weighted by atomic mass is 16.1. The van der Waals surface area contributed by atoms with Crippen LogP contribution >= 0.6 is 0 Å². The largest absolute Gasteiger partial charge is 0.365 e. The maximum absolute atomic E-state index is 12.4. The normalized spacial score (nSPS) is 13.3. The zero-order chi connectivity index (χ0) is 17.9. The highest BCUT2D eigenvalue weighted by Gasteiger charge is 2.17. The molecule has 1 aromatic carbocycles. The molecular weight excluding hydrogens is 328 g/mol. The van der Waals surface area contributed by atoms with Gasteiger partial charge in [0, 0.05) is 37.1 Å². The maximum Gasteiger partial charge on any atom is 0.269 e. The molecule has 130 valence electrons. The molecule has 0 aliphatic carbocycles. The number of benzene rings is 1. The lowest BCUT2D eigenvalue weighted by Gasteiger charge is -2.30. The quantitative estimate of drug-likeness (QED) is 0.677. The van der Waals surface area contributed by atoms with Crippen LogP contribution in [0.2, 0.25) is 0 Å². The third-order valence-corrected chi connectivity index (χ3v) is 4.63. The first-order chi connectivity index (χ1) is 12.7. The van der Waals surface area contributed by atoms with Gasteiger partial charge in [-0.2, -0.15) is 5.10 Å². The van der Waals surface area contributed by atoms with Crippen molar-refractivity contribution < 1.29 is 4.79 Å². The minimum absolute atomic E-state index is 0.0896. The molecule has 3 aromatic rings. The molecule has 6 heteroatoms. The molecule has 1 aliphatic heterocycles. The number of fused-ring (bicyclic) bond motifs is 1. The Labute approximate surface area is 150 Å². The molecule has 1 aliphatic rings. The van der Waals surface area contributed by atoms with Crippen LogP contribution in [0.1, 0.15) is 21.5 Å². The molecule has 26 heavy (non-hydrogen) atoms. The fraction of sp³-hybridized carbons (Fsp3) is 0.200. The van der Waals surface area contributed by atoms with Crippen LogP contribution in [-0.2, 0) is 19.5 Å². The number of nitrogens with zero attached hydrogens (tertiary/aromatic N) is 4. The van der Waals surface area contributed by atoms with Gasteiger partial charge in [0.05, 0.1) is 11.9 Å². The number of hydrogen-bond acceptors (Lipinski definition) is 5. The van der Waals surface area contributed by atoms with E-state index in [1.54, 1.807) is 30.6 Å². The summed E-state index contributed by atoms with van der Waals surface area (Å²) >= 11 is 0. The molecule has 0 fully saturated rings. The Morgan fingerprint density at radius 2 is 1.92 bits per heavy atom. The molecule has 4 rings (SSSR count). The van der Waals surface area contributed by atoms with Crippen LogP contribution in [0.25, 0.3) is 0 Å². The number of rotatable bonds is 4.